The monoisotopic (exact) mass is 349 g/mol. The molecule has 0 saturated carbocycles. The quantitative estimate of drug-likeness (QED) is 0.662. The molecular weight excluding hydrogens is 326 g/mol. The Morgan fingerprint density at radius 1 is 1.08 bits per heavy atom. The van der Waals surface area contributed by atoms with Crippen LogP contribution in [0.2, 0.25) is 0 Å². The van der Waals surface area contributed by atoms with E-state index in [2.05, 4.69) is 15.6 Å². The highest BCUT2D eigenvalue weighted by Gasteiger charge is 2.17. The van der Waals surface area contributed by atoms with E-state index in [9.17, 15) is 4.79 Å². The molecule has 1 amide bonds. The molecule has 0 radical (unpaired) electrons. The normalized spacial score (nSPS) is 15.1. The van der Waals surface area contributed by atoms with Crippen LogP contribution in [0.4, 0.5) is 0 Å². The molecule has 2 heterocycles. The molecule has 0 spiro atoms. The van der Waals surface area contributed by atoms with E-state index < -0.39 is 0 Å². The lowest BCUT2D eigenvalue weighted by Gasteiger charge is -2.24. The maximum Gasteiger partial charge on any atom is 0.267 e. The van der Waals surface area contributed by atoms with E-state index in [4.69, 9.17) is 4.74 Å². The molecule has 0 bridgehead atoms. The Labute approximate surface area is 152 Å². The number of fused-ring (bicyclic) bond motifs is 1. The van der Waals surface area contributed by atoms with Crippen molar-refractivity contribution in [2.45, 2.75) is 25.5 Å². The fourth-order valence-corrected chi connectivity index (χ4v) is 3.32. The minimum Gasteiger partial charge on any atom is -0.490 e. The van der Waals surface area contributed by atoms with Gasteiger partial charge in [-0.05, 0) is 49.7 Å². The molecule has 1 aromatic heterocycles. The number of amides is 1. The fraction of sp³-hybridized carbons (Fsp3) is 0.286. The van der Waals surface area contributed by atoms with Crippen LogP contribution in [0.3, 0.4) is 0 Å². The molecule has 0 unspecified atom stereocenters. The number of piperidine rings is 1. The maximum atomic E-state index is 12.5. The number of benzene rings is 2. The van der Waals surface area contributed by atoms with E-state index in [0.29, 0.717) is 12.2 Å². The van der Waals surface area contributed by atoms with Gasteiger partial charge in [-0.25, -0.2) is 0 Å². The van der Waals surface area contributed by atoms with Gasteiger partial charge in [-0.3, -0.25) is 4.79 Å². The molecule has 5 heteroatoms. The van der Waals surface area contributed by atoms with Gasteiger partial charge in [0.05, 0.1) is 0 Å². The Morgan fingerprint density at radius 2 is 1.88 bits per heavy atom. The van der Waals surface area contributed by atoms with Gasteiger partial charge in [0.15, 0.2) is 0 Å². The Hall–Kier alpha value is -2.79. The van der Waals surface area contributed by atoms with E-state index in [0.717, 1.165) is 48.1 Å². The molecule has 3 N–H and O–H groups in total. The SMILES string of the molecule is O=C(NCc1ccccc1)c1cc2c(OC3CCNCC3)cccc2[nH]1. The molecule has 5 nitrogen and oxygen atoms in total. The smallest absolute Gasteiger partial charge is 0.267 e. The molecule has 1 fully saturated rings. The van der Waals surface area contributed by atoms with Gasteiger partial charge in [-0.2, -0.15) is 0 Å². The summed E-state index contributed by atoms with van der Waals surface area (Å²) in [6.45, 7) is 2.48. The third kappa shape index (κ3) is 3.73. The maximum absolute atomic E-state index is 12.5. The van der Waals surface area contributed by atoms with Gasteiger partial charge in [-0.15, -0.1) is 0 Å². The highest BCUT2D eigenvalue weighted by atomic mass is 16.5. The summed E-state index contributed by atoms with van der Waals surface area (Å²) in [6, 6.07) is 17.7. The lowest BCUT2D eigenvalue weighted by atomic mass is 10.1. The van der Waals surface area contributed by atoms with Crippen molar-refractivity contribution < 1.29 is 9.53 Å². The number of nitrogens with one attached hydrogen (secondary N) is 3. The van der Waals surface area contributed by atoms with Gasteiger partial charge >= 0.3 is 0 Å². The average Bonchev–Trinajstić information content (AvgIpc) is 3.13. The van der Waals surface area contributed by atoms with Gasteiger partial charge in [0.2, 0.25) is 0 Å². The largest absolute Gasteiger partial charge is 0.490 e. The number of carbonyl (C=O) groups is 1. The number of H-pyrrole nitrogens is 1. The summed E-state index contributed by atoms with van der Waals surface area (Å²) in [4.78, 5) is 15.7. The predicted octanol–water partition coefficient (Wildman–Crippen LogP) is 3.23. The molecule has 2 aromatic carbocycles. The van der Waals surface area contributed by atoms with E-state index in [1.54, 1.807) is 0 Å². The molecule has 1 aliphatic rings. The zero-order chi connectivity index (χ0) is 17.8. The summed E-state index contributed by atoms with van der Waals surface area (Å²) < 4.78 is 6.20. The standard InChI is InChI=1S/C21H23N3O2/c25-21(23-14-15-5-2-1-3-6-15)19-13-17-18(24-19)7-4-8-20(17)26-16-9-11-22-12-10-16/h1-8,13,16,22,24H,9-12,14H2,(H,23,25). The number of aromatic amines is 1. The van der Waals surface area contributed by atoms with Gasteiger partial charge < -0.3 is 20.4 Å². The number of carbonyl (C=O) groups excluding carboxylic acids is 1. The number of hydrogen-bond acceptors (Lipinski definition) is 3. The highest BCUT2D eigenvalue weighted by molar-refractivity contribution is 5.99. The number of ether oxygens (including phenoxy) is 1. The topological polar surface area (TPSA) is 66.2 Å². The molecule has 134 valence electrons. The molecule has 0 aliphatic carbocycles. The average molecular weight is 349 g/mol. The fourth-order valence-electron chi connectivity index (χ4n) is 3.32. The van der Waals surface area contributed by atoms with Crippen LogP contribution in [0.25, 0.3) is 10.9 Å². The number of hydrogen-bond donors (Lipinski definition) is 3. The number of rotatable bonds is 5. The van der Waals surface area contributed by atoms with Crippen molar-refractivity contribution in [3.63, 3.8) is 0 Å². The van der Waals surface area contributed by atoms with Crippen LogP contribution in [0.5, 0.6) is 5.75 Å². The van der Waals surface area contributed by atoms with Crippen molar-refractivity contribution in [3.05, 3.63) is 65.9 Å². The lowest BCUT2D eigenvalue weighted by molar-refractivity contribution is 0.0947. The van der Waals surface area contributed by atoms with E-state index in [-0.39, 0.29) is 12.0 Å². The Balaban J connectivity index is 1.49. The Morgan fingerprint density at radius 3 is 2.69 bits per heavy atom. The van der Waals surface area contributed by atoms with Gasteiger partial charge in [-0.1, -0.05) is 36.4 Å². The van der Waals surface area contributed by atoms with Crippen LogP contribution in [0.1, 0.15) is 28.9 Å². The van der Waals surface area contributed by atoms with Crippen molar-refractivity contribution in [2.75, 3.05) is 13.1 Å². The predicted molar refractivity (Wildman–Crippen MR) is 102 cm³/mol. The van der Waals surface area contributed by atoms with Crippen LogP contribution in [-0.2, 0) is 6.54 Å². The first-order chi connectivity index (χ1) is 12.8. The van der Waals surface area contributed by atoms with Crippen molar-refractivity contribution >= 4 is 16.8 Å². The second-order valence-corrected chi connectivity index (χ2v) is 6.64. The van der Waals surface area contributed by atoms with E-state index in [1.165, 1.54) is 0 Å². The van der Waals surface area contributed by atoms with Crippen molar-refractivity contribution in [1.29, 1.82) is 0 Å². The lowest BCUT2D eigenvalue weighted by Crippen LogP contribution is -2.34. The number of aromatic nitrogens is 1. The summed E-state index contributed by atoms with van der Waals surface area (Å²) in [5.41, 5.74) is 2.55. The van der Waals surface area contributed by atoms with Crippen LogP contribution in [0, 0.1) is 0 Å². The summed E-state index contributed by atoms with van der Waals surface area (Å²) in [5.74, 6) is 0.727. The van der Waals surface area contributed by atoms with Crippen LogP contribution in [0.15, 0.2) is 54.6 Å². The molecule has 0 atom stereocenters. The Kier molecular flexibility index (Phi) is 4.88. The first-order valence-electron chi connectivity index (χ1n) is 9.11. The first kappa shape index (κ1) is 16.7. The van der Waals surface area contributed by atoms with Crippen molar-refractivity contribution in [2.24, 2.45) is 0 Å². The summed E-state index contributed by atoms with van der Waals surface area (Å²) in [7, 11) is 0. The summed E-state index contributed by atoms with van der Waals surface area (Å²) >= 11 is 0. The minimum atomic E-state index is -0.113. The molecule has 4 rings (SSSR count). The zero-order valence-corrected chi connectivity index (χ0v) is 14.6. The van der Waals surface area contributed by atoms with E-state index in [1.807, 2.05) is 54.6 Å². The van der Waals surface area contributed by atoms with Crippen molar-refractivity contribution in [1.82, 2.24) is 15.6 Å². The van der Waals surface area contributed by atoms with E-state index >= 15 is 0 Å². The second kappa shape index (κ2) is 7.62. The Bertz CT molecular complexity index is 883. The third-order valence-corrected chi connectivity index (χ3v) is 4.74. The minimum absolute atomic E-state index is 0.113. The van der Waals surface area contributed by atoms with Crippen LogP contribution in [-0.4, -0.2) is 30.1 Å². The molecule has 3 aromatic rings. The molecule has 26 heavy (non-hydrogen) atoms. The zero-order valence-electron chi connectivity index (χ0n) is 14.6. The molecule has 1 aliphatic heterocycles. The summed E-state index contributed by atoms with van der Waals surface area (Å²) in [5, 5.41) is 7.26. The van der Waals surface area contributed by atoms with Gasteiger partial charge in [0.25, 0.3) is 5.91 Å². The third-order valence-electron chi connectivity index (χ3n) is 4.74. The molecule has 1 saturated heterocycles. The van der Waals surface area contributed by atoms with Gasteiger partial charge in [0, 0.05) is 17.4 Å². The van der Waals surface area contributed by atoms with Gasteiger partial charge in [0.1, 0.15) is 17.5 Å². The first-order valence-corrected chi connectivity index (χ1v) is 9.11. The summed E-state index contributed by atoms with van der Waals surface area (Å²) in [6.07, 6.45) is 2.24. The molecular formula is C21H23N3O2. The van der Waals surface area contributed by atoms with Crippen molar-refractivity contribution in [3.8, 4) is 5.75 Å². The van der Waals surface area contributed by atoms with Crippen LogP contribution < -0.4 is 15.4 Å². The highest BCUT2D eigenvalue weighted by Crippen LogP contribution is 2.28. The second-order valence-electron chi connectivity index (χ2n) is 6.64. The van der Waals surface area contributed by atoms with Crippen LogP contribution >= 0.6 is 0 Å².